The van der Waals surface area contributed by atoms with Crippen LogP contribution in [0.2, 0.25) is 0 Å². The fourth-order valence-corrected chi connectivity index (χ4v) is 2.03. The molecule has 1 N–H and O–H groups in total. The lowest BCUT2D eigenvalue weighted by molar-refractivity contribution is -0.117. The maximum Gasteiger partial charge on any atom is 0.240 e. The van der Waals surface area contributed by atoms with Gasteiger partial charge in [-0.1, -0.05) is 45.7 Å². The highest BCUT2D eigenvalue weighted by Gasteiger charge is 2.13. The van der Waals surface area contributed by atoms with Gasteiger partial charge in [-0.3, -0.25) is 15.0 Å². The van der Waals surface area contributed by atoms with Crippen LogP contribution in [-0.2, 0) is 4.79 Å². The third kappa shape index (κ3) is 6.76. The number of carbonyl (C=O) groups excluding carboxylic acids is 1. The largest absolute Gasteiger partial charge is 0.338 e. The van der Waals surface area contributed by atoms with Crippen molar-refractivity contribution in [1.29, 1.82) is 0 Å². The van der Waals surface area contributed by atoms with Crippen molar-refractivity contribution in [3.63, 3.8) is 0 Å². The molecule has 0 bridgehead atoms. The first-order valence-electron chi connectivity index (χ1n) is 8.05. The normalized spacial score (nSPS) is 11.3. The van der Waals surface area contributed by atoms with Crippen LogP contribution in [0.3, 0.4) is 0 Å². The molecule has 0 fully saturated rings. The maximum absolute atomic E-state index is 12.1. The zero-order valence-corrected chi connectivity index (χ0v) is 13.8. The number of rotatable bonds is 10. The highest BCUT2D eigenvalue weighted by atomic mass is 16.5. The van der Waals surface area contributed by atoms with Crippen LogP contribution >= 0.6 is 0 Å². The Morgan fingerprint density at radius 3 is 2.38 bits per heavy atom. The van der Waals surface area contributed by atoms with Gasteiger partial charge in [-0.15, -0.1) is 0 Å². The van der Waals surface area contributed by atoms with E-state index in [1.807, 2.05) is 13.8 Å². The first kappa shape index (κ1) is 17.7. The summed E-state index contributed by atoms with van der Waals surface area (Å²) in [4.78, 5) is 14.3. The number of hydrogen-bond donors (Lipinski definition) is 1. The van der Waals surface area contributed by atoms with Crippen LogP contribution in [0.5, 0.6) is 0 Å². The minimum absolute atomic E-state index is 0.0336. The third-order valence-corrected chi connectivity index (χ3v) is 3.41. The number of carbonyl (C=O) groups is 1. The quantitative estimate of drug-likeness (QED) is 0.716. The van der Waals surface area contributed by atoms with Gasteiger partial charge in [0.25, 0.3) is 0 Å². The average Bonchev–Trinajstić information content (AvgIpc) is 2.90. The molecular formula is C16H29N3O2. The van der Waals surface area contributed by atoms with Crippen LogP contribution in [0.1, 0.15) is 65.0 Å². The van der Waals surface area contributed by atoms with Gasteiger partial charge in [0, 0.05) is 6.07 Å². The van der Waals surface area contributed by atoms with Crippen molar-refractivity contribution < 1.29 is 9.32 Å². The van der Waals surface area contributed by atoms with Gasteiger partial charge in [0.05, 0.1) is 12.2 Å². The van der Waals surface area contributed by atoms with E-state index >= 15 is 0 Å². The maximum atomic E-state index is 12.1. The van der Waals surface area contributed by atoms with Crippen LogP contribution in [-0.4, -0.2) is 35.6 Å². The minimum atomic E-state index is -0.0336. The van der Waals surface area contributed by atoms with Gasteiger partial charge in [-0.2, -0.15) is 0 Å². The number of nitrogens with one attached hydrogen (secondary N) is 1. The molecule has 1 heterocycles. The summed E-state index contributed by atoms with van der Waals surface area (Å²) in [6.45, 7) is 10.8. The Balaban J connectivity index is 2.47. The van der Waals surface area contributed by atoms with E-state index in [4.69, 9.17) is 4.52 Å². The summed E-state index contributed by atoms with van der Waals surface area (Å²) in [5.74, 6) is 0.702. The van der Waals surface area contributed by atoms with Gasteiger partial charge < -0.3 is 4.52 Å². The van der Waals surface area contributed by atoms with Crippen LogP contribution in [0, 0.1) is 0 Å². The van der Waals surface area contributed by atoms with Crippen LogP contribution in [0.15, 0.2) is 10.6 Å². The van der Waals surface area contributed by atoms with Crippen molar-refractivity contribution >= 4 is 11.8 Å². The molecule has 1 amide bonds. The van der Waals surface area contributed by atoms with Crippen molar-refractivity contribution in [1.82, 2.24) is 10.1 Å². The lowest BCUT2D eigenvalue weighted by Gasteiger charge is -2.20. The number of hydrogen-bond acceptors (Lipinski definition) is 4. The smallest absolute Gasteiger partial charge is 0.240 e. The highest BCUT2D eigenvalue weighted by molar-refractivity contribution is 5.90. The number of anilines is 1. The summed E-state index contributed by atoms with van der Waals surface area (Å²) in [7, 11) is 0. The molecule has 1 aromatic heterocycles. The molecule has 0 unspecified atom stereocenters. The number of aromatic nitrogens is 1. The van der Waals surface area contributed by atoms with Gasteiger partial charge >= 0.3 is 0 Å². The van der Waals surface area contributed by atoms with Crippen molar-refractivity contribution in [2.24, 2.45) is 0 Å². The summed E-state index contributed by atoms with van der Waals surface area (Å²) in [5.41, 5.74) is 0.860. The molecule has 0 aliphatic heterocycles. The Morgan fingerprint density at radius 1 is 1.29 bits per heavy atom. The molecular weight excluding hydrogens is 266 g/mol. The van der Waals surface area contributed by atoms with Crippen molar-refractivity contribution in [2.45, 2.75) is 59.3 Å². The molecule has 0 radical (unpaired) electrons. The highest BCUT2D eigenvalue weighted by Crippen LogP contribution is 2.17. The van der Waals surface area contributed by atoms with E-state index in [0.717, 1.165) is 44.5 Å². The zero-order chi connectivity index (χ0) is 15.7. The molecule has 0 spiro atoms. The molecule has 0 aliphatic carbocycles. The molecule has 5 nitrogen and oxygen atoms in total. The molecule has 120 valence electrons. The van der Waals surface area contributed by atoms with E-state index in [9.17, 15) is 4.79 Å². The standard InChI is InChI=1S/C16H29N3O2/c1-5-7-9-19(10-8-6-2)12-15(20)17-16-11-14(13(3)4)18-21-16/h11,13H,5-10,12H2,1-4H3,(H,17,20). The Bertz CT molecular complexity index is 407. The van der Waals surface area contributed by atoms with Gasteiger partial charge in [0.2, 0.25) is 11.8 Å². The van der Waals surface area contributed by atoms with Crippen LogP contribution in [0.25, 0.3) is 0 Å². The van der Waals surface area contributed by atoms with E-state index in [0.29, 0.717) is 18.3 Å². The first-order valence-corrected chi connectivity index (χ1v) is 8.05. The lowest BCUT2D eigenvalue weighted by atomic mass is 10.1. The zero-order valence-electron chi connectivity index (χ0n) is 13.8. The van der Waals surface area contributed by atoms with Gasteiger partial charge in [0.1, 0.15) is 0 Å². The lowest BCUT2D eigenvalue weighted by Crippen LogP contribution is -2.34. The molecule has 1 rings (SSSR count). The van der Waals surface area contributed by atoms with E-state index < -0.39 is 0 Å². The van der Waals surface area contributed by atoms with Gasteiger partial charge in [-0.25, -0.2) is 0 Å². The number of unbranched alkanes of at least 4 members (excludes halogenated alkanes) is 2. The molecule has 21 heavy (non-hydrogen) atoms. The molecule has 0 aromatic carbocycles. The van der Waals surface area contributed by atoms with E-state index in [1.165, 1.54) is 0 Å². The SMILES string of the molecule is CCCCN(CCCC)CC(=O)Nc1cc(C(C)C)no1. The van der Waals surface area contributed by atoms with E-state index in [1.54, 1.807) is 6.07 Å². The Morgan fingerprint density at radius 2 is 1.90 bits per heavy atom. The summed E-state index contributed by atoms with van der Waals surface area (Å²) >= 11 is 0. The number of amides is 1. The average molecular weight is 295 g/mol. The molecule has 0 atom stereocenters. The first-order chi connectivity index (χ1) is 10.1. The predicted molar refractivity (Wildman–Crippen MR) is 85.5 cm³/mol. The Kier molecular flexibility index (Phi) is 8.05. The molecule has 0 saturated carbocycles. The molecule has 0 saturated heterocycles. The van der Waals surface area contributed by atoms with Gasteiger partial charge in [-0.05, 0) is 31.8 Å². The molecule has 5 heteroatoms. The molecule has 1 aromatic rings. The third-order valence-electron chi connectivity index (χ3n) is 3.41. The van der Waals surface area contributed by atoms with Crippen LogP contribution in [0.4, 0.5) is 5.88 Å². The summed E-state index contributed by atoms with van der Waals surface area (Å²) in [6.07, 6.45) is 4.53. The fourth-order valence-electron chi connectivity index (χ4n) is 2.03. The summed E-state index contributed by atoms with van der Waals surface area (Å²) < 4.78 is 5.14. The van der Waals surface area contributed by atoms with Gasteiger partial charge in [0.15, 0.2) is 0 Å². The van der Waals surface area contributed by atoms with Crippen molar-refractivity contribution in [3.05, 3.63) is 11.8 Å². The second-order valence-corrected chi connectivity index (χ2v) is 5.80. The second kappa shape index (κ2) is 9.55. The topological polar surface area (TPSA) is 58.4 Å². The van der Waals surface area contributed by atoms with Crippen LogP contribution < -0.4 is 5.32 Å². The van der Waals surface area contributed by atoms with E-state index in [2.05, 4.69) is 29.2 Å². The second-order valence-electron chi connectivity index (χ2n) is 5.80. The number of nitrogens with zero attached hydrogens (tertiary/aromatic N) is 2. The summed E-state index contributed by atoms with van der Waals surface area (Å²) in [5, 5.41) is 6.73. The fraction of sp³-hybridized carbons (Fsp3) is 0.750. The predicted octanol–water partition coefficient (Wildman–Crippen LogP) is 3.64. The Labute approximate surface area is 128 Å². The molecule has 0 aliphatic rings. The van der Waals surface area contributed by atoms with Crippen molar-refractivity contribution in [2.75, 3.05) is 25.0 Å². The van der Waals surface area contributed by atoms with E-state index in [-0.39, 0.29) is 5.91 Å². The van der Waals surface area contributed by atoms with Crippen molar-refractivity contribution in [3.8, 4) is 0 Å². The minimum Gasteiger partial charge on any atom is -0.338 e. The summed E-state index contributed by atoms with van der Waals surface area (Å²) in [6, 6.07) is 1.80. The monoisotopic (exact) mass is 295 g/mol. The Hall–Kier alpha value is -1.36.